The Morgan fingerprint density at radius 3 is 2.43 bits per heavy atom. The summed E-state index contributed by atoms with van der Waals surface area (Å²) in [5.41, 5.74) is 1.02. The van der Waals surface area contributed by atoms with E-state index < -0.39 is 17.1 Å². The fraction of sp³-hybridized carbons (Fsp3) is 0.562. The fourth-order valence-electron chi connectivity index (χ4n) is 2.14. The van der Waals surface area contributed by atoms with E-state index in [0.717, 1.165) is 5.56 Å². The molecule has 4 nitrogen and oxygen atoms in total. The topological polar surface area (TPSA) is 53.9 Å². The van der Waals surface area contributed by atoms with Crippen molar-refractivity contribution in [3.8, 4) is 0 Å². The van der Waals surface area contributed by atoms with Gasteiger partial charge in [0, 0.05) is 12.0 Å². The fourth-order valence-corrected chi connectivity index (χ4v) is 2.69. The number of hydrogen-bond acceptors (Lipinski definition) is 4. The van der Waals surface area contributed by atoms with Gasteiger partial charge in [0.15, 0.2) is 5.79 Å². The molecule has 1 saturated heterocycles. The van der Waals surface area contributed by atoms with Gasteiger partial charge in [-0.15, -0.1) is 0 Å². The molecule has 0 radical (unpaired) electrons. The molecule has 0 aromatic heterocycles. The predicted molar refractivity (Wildman–Crippen MR) is 85.6 cm³/mol. The summed E-state index contributed by atoms with van der Waals surface area (Å²) in [5.74, 6) is -0.684. The lowest BCUT2D eigenvalue weighted by Gasteiger charge is -2.27. The van der Waals surface area contributed by atoms with Crippen LogP contribution in [0.4, 0.5) is 0 Å². The van der Waals surface area contributed by atoms with Crippen LogP contribution in [0.1, 0.15) is 39.2 Å². The minimum absolute atomic E-state index is 0.325. The van der Waals surface area contributed by atoms with Crippen molar-refractivity contribution >= 4 is 17.6 Å². The third-order valence-electron chi connectivity index (χ3n) is 3.26. The van der Waals surface area contributed by atoms with Crippen molar-refractivity contribution in [2.75, 3.05) is 13.2 Å². The third kappa shape index (κ3) is 4.30. The van der Waals surface area contributed by atoms with Crippen LogP contribution in [0, 0.1) is 0 Å². The van der Waals surface area contributed by atoms with E-state index in [4.69, 9.17) is 9.47 Å². The molecule has 0 saturated carbocycles. The molecule has 0 aliphatic carbocycles. The van der Waals surface area contributed by atoms with Crippen molar-refractivity contribution in [2.24, 2.45) is 4.40 Å². The molecule has 0 amide bonds. The van der Waals surface area contributed by atoms with Crippen molar-refractivity contribution in [3.63, 3.8) is 0 Å². The maximum atomic E-state index is 11.9. The Kier molecular flexibility index (Phi) is 5.43. The lowest BCUT2D eigenvalue weighted by Crippen LogP contribution is -2.28. The Balaban J connectivity index is 1.98. The first kappa shape index (κ1) is 16.5. The highest BCUT2D eigenvalue weighted by molar-refractivity contribution is 7.91. The monoisotopic (exact) mass is 309 g/mol. The van der Waals surface area contributed by atoms with Gasteiger partial charge in [0.05, 0.1) is 19.4 Å². The van der Waals surface area contributed by atoms with E-state index in [1.165, 1.54) is 0 Å². The number of hydrogen-bond donors (Lipinski definition) is 0. The maximum absolute atomic E-state index is 11.9. The van der Waals surface area contributed by atoms with Crippen molar-refractivity contribution in [2.45, 2.75) is 44.1 Å². The van der Waals surface area contributed by atoms with E-state index in [2.05, 4.69) is 4.40 Å². The zero-order valence-corrected chi connectivity index (χ0v) is 13.7. The van der Waals surface area contributed by atoms with Crippen LogP contribution in [0.2, 0.25) is 0 Å². The molecule has 116 valence electrons. The summed E-state index contributed by atoms with van der Waals surface area (Å²) in [4.78, 5) is 0. The van der Waals surface area contributed by atoms with Gasteiger partial charge in [0.2, 0.25) is 0 Å². The molecule has 21 heavy (non-hydrogen) atoms. The van der Waals surface area contributed by atoms with E-state index in [9.17, 15) is 4.55 Å². The van der Waals surface area contributed by atoms with E-state index in [1.807, 2.05) is 51.1 Å². The molecule has 2 rings (SSSR count). The molecule has 1 fully saturated rings. The van der Waals surface area contributed by atoms with Gasteiger partial charge in [0.25, 0.3) is 0 Å². The van der Waals surface area contributed by atoms with Crippen LogP contribution in [0.15, 0.2) is 34.7 Å². The molecule has 0 N–H and O–H groups in total. The Bertz CT molecular complexity index is 464. The number of ether oxygens (including phenoxy) is 2. The molecule has 1 aromatic rings. The number of rotatable bonds is 5. The van der Waals surface area contributed by atoms with E-state index in [-0.39, 0.29) is 4.75 Å². The predicted octanol–water partition coefficient (Wildman–Crippen LogP) is 3.20. The SMILES string of the molecule is CC(C)(C)[S@+]([O-])/N=C\CCC1(c2ccccc2)OCCO1. The molecule has 1 aliphatic heterocycles. The molecule has 1 heterocycles. The second-order valence-corrected chi connectivity index (χ2v) is 7.94. The second kappa shape index (κ2) is 6.92. The summed E-state index contributed by atoms with van der Waals surface area (Å²) >= 11 is -1.21. The number of nitrogens with zero attached hydrogens (tertiary/aromatic N) is 1. The Morgan fingerprint density at radius 2 is 1.86 bits per heavy atom. The summed E-state index contributed by atoms with van der Waals surface area (Å²) < 4.78 is 27.3. The standard InChI is InChI=1S/C16H23NO3S/c1-15(2,3)21(18)17-11-7-10-16(19-12-13-20-16)14-8-5-4-6-9-14/h4-6,8-9,11H,7,10,12-13H2,1-3H3/b17-11-/t21-/m0/s1. The highest BCUT2D eigenvalue weighted by atomic mass is 32.2. The van der Waals surface area contributed by atoms with Gasteiger partial charge in [-0.2, -0.15) is 0 Å². The Morgan fingerprint density at radius 1 is 1.24 bits per heavy atom. The average molecular weight is 309 g/mol. The molecule has 1 aliphatic rings. The smallest absolute Gasteiger partial charge is 0.195 e. The molecule has 1 atom stereocenters. The first-order chi connectivity index (χ1) is 9.94. The van der Waals surface area contributed by atoms with Gasteiger partial charge in [-0.25, -0.2) is 0 Å². The molecule has 0 spiro atoms. The molecular weight excluding hydrogens is 286 g/mol. The van der Waals surface area contributed by atoms with E-state index in [1.54, 1.807) is 6.21 Å². The first-order valence-corrected chi connectivity index (χ1v) is 8.33. The average Bonchev–Trinajstić information content (AvgIpc) is 2.93. The number of benzene rings is 1. The zero-order valence-electron chi connectivity index (χ0n) is 12.9. The lowest BCUT2D eigenvalue weighted by atomic mass is 10.0. The van der Waals surface area contributed by atoms with Crippen molar-refractivity contribution in [3.05, 3.63) is 35.9 Å². The van der Waals surface area contributed by atoms with Gasteiger partial charge in [0.1, 0.15) is 16.1 Å². The van der Waals surface area contributed by atoms with Crippen LogP contribution in [-0.4, -0.2) is 28.7 Å². The van der Waals surface area contributed by atoms with Gasteiger partial charge in [-0.3, -0.25) is 0 Å². The highest BCUT2D eigenvalue weighted by Gasteiger charge is 2.37. The van der Waals surface area contributed by atoms with Gasteiger partial charge >= 0.3 is 0 Å². The van der Waals surface area contributed by atoms with Crippen molar-refractivity contribution in [1.82, 2.24) is 0 Å². The Labute approximate surface area is 129 Å². The molecule has 1 aromatic carbocycles. The van der Waals surface area contributed by atoms with Crippen molar-refractivity contribution < 1.29 is 14.0 Å². The minimum Gasteiger partial charge on any atom is -0.591 e. The quantitative estimate of drug-likeness (QED) is 0.620. The largest absolute Gasteiger partial charge is 0.591 e. The van der Waals surface area contributed by atoms with Crippen LogP contribution in [-0.2, 0) is 26.6 Å². The van der Waals surface area contributed by atoms with Crippen LogP contribution in [0.25, 0.3) is 0 Å². The zero-order chi connectivity index (χ0) is 15.3. The highest BCUT2D eigenvalue weighted by Crippen LogP contribution is 2.35. The summed E-state index contributed by atoms with van der Waals surface area (Å²) in [7, 11) is 0. The van der Waals surface area contributed by atoms with Crippen molar-refractivity contribution in [1.29, 1.82) is 0 Å². The lowest BCUT2D eigenvalue weighted by molar-refractivity contribution is -0.169. The summed E-state index contributed by atoms with van der Waals surface area (Å²) in [6, 6.07) is 9.95. The van der Waals surface area contributed by atoms with Gasteiger partial charge < -0.3 is 14.0 Å². The van der Waals surface area contributed by atoms with Crippen LogP contribution < -0.4 is 0 Å². The van der Waals surface area contributed by atoms with Crippen LogP contribution in [0.5, 0.6) is 0 Å². The molecular formula is C16H23NO3S. The molecule has 0 bridgehead atoms. The molecule has 5 heteroatoms. The summed E-state index contributed by atoms with van der Waals surface area (Å²) in [6.45, 7) is 6.93. The molecule has 0 unspecified atom stereocenters. The summed E-state index contributed by atoms with van der Waals surface area (Å²) in [5, 5.41) is 0. The van der Waals surface area contributed by atoms with E-state index >= 15 is 0 Å². The maximum Gasteiger partial charge on any atom is 0.195 e. The van der Waals surface area contributed by atoms with E-state index in [0.29, 0.717) is 26.1 Å². The Hall–Kier alpha value is -0.880. The van der Waals surface area contributed by atoms with Crippen LogP contribution in [0.3, 0.4) is 0 Å². The van der Waals surface area contributed by atoms with Gasteiger partial charge in [-0.1, -0.05) is 34.7 Å². The summed E-state index contributed by atoms with van der Waals surface area (Å²) in [6.07, 6.45) is 3.05. The third-order valence-corrected chi connectivity index (χ3v) is 4.65. The van der Waals surface area contributed by atoms with Crippen LogP contribution >= 0.6 is 0 Å². The first-order valence-electron chi connectivity index (χ1n) is 7.22. The second-order valence-electron chi connectivity index (χ2n) is 6.00. The minimum atomic E-state index is -1.21. The van der Waals surface area contributed by atoms with Gasteiger partial charge in [-0.05, 0) is 27.2 Å². The normalized spacial score (nSPS) is 20.0.